The molecular formula is C15H20N4O4. The standard InChI is InChI=1S/C15H20N4O4/c1-9-7-13(17-23-9)16-14(21)11-8-12(11)15(22)19-5-3-18(4-6-19)10(2)20/h7,11-12H,3-6,8H2,1-2H3,(H,16,17,21). The summed E-state index contributed by atoms with van der Waals surface area (Å²) in [5.41, 5.74) is 0. The Morgan fingerprint density at radius 2 is 1.83 bits per heavy atom. The first-order valence-electron chi connectivity index (χ1n) is 7.74. The van der Waals surface area contributed by atoms with Gasteiger partial charge in [-0.15, -0.1) is 0 Å². The number of carbonyl (C=O) groups excluding carboxylic acids is 3. The van der Waals surface area contributed by atoms with Crippen molar-refractivity contribution < 1.29 is 18.9 Å². The van der Waals surface area contributed by atoms with Crippen LogP contribution in [0, 0.1) is 18.8 Å². The van der Waals surface area contributed by atoms with Gasteiger partial charge in [0.25, 0.3) is 0 Å². The molecule has 2 aliphatic rings. The zero-order chi connectivity index (χ0) is 16.6. The zero-order valence-electron chi connectivity index (χ0n) is 13.2. The van der Waals surface area contributed by atoms with Crippen LogP contribution in [-0.2, 0) is 14.4 Å². The molecule has 1 saturated carbocycles. The van der Waals surface area contributed by atoms with Crippen LogP contribution in [0.4, 0.5) is 5.82 Å². The number of hydrogen-bond acceptors (Lipinski definition) is 5. The molecule has 1 aliphatic carbocycles. The second-order valence-corrected chi connectivity index (χ2v) is 6.09. The predicted molar refractivity (Wildman–Crippen MR) is 80.3 cm³/mol. The molecule has 2 unspecified atom stereocenters. The smallest absolute Gasteiger partial charge is 0.229 e. The molecule has 2 fully saturated rings. The summed E-state index contributed by atoms with van der Waals surface area (Å²) >= 11 is 0. The van der Waals surface area contributed by atoms with Crippen molar-refractivity contribution in [2.45, 2.75) is 20.3 Å². The molecule has 1 N–H and O–H groups in total. The fraction of sp³-hybridized carbons (Fsp3) is 0.600. The van der Waals surface area contributed by atoms with Gasteiger partial charge >= 0.3 is 0 Å². The topological polar surface area (TPSA) is 95.8 Å². The maximum atomic E-state index is 12.4. The first-order chi connectivity index (χ1) is 11.0. The number of hydrogen-bond donors (Lipinski definition) is 1. The van der Waals surface area contributed by atoms with E-state index in [0.717, 1.165) is 0 Å². The van der Waals surface area contributed by atoms with Gasteiger partial charge in [-0.1, -0.05) is 5.16 Å². The first-order valence-corrected chi connectivity index (χ1v) is 7.74. The molecule has 2 heterocycles. The molecule has 8 nitrogen and oxygen atoms in total. The van der Waals surface area contributed by atoms with E-state index in [2.05, 4.69) is 10.5 Å². The summed E-state index contributed by atoms with van der Waals surface area (Å²) in [5, 5.41) is 6.38. The largest absolute Gasteiger partial charge is 0.360 e. The number of anilines is 1. The molecule has 8 heteroatoms. The van der Waals surface area contributed by atoms with E-state index in [0.29, 0.717) is 44.2 Å². The van der Waals surface area contributed by atoms with Crippen molar-refractivity contribution in [2.75, 3.05) is 31.5 Å². The van der Waals surface area contributed by atoms with E-state index in [1.807, 2.05) is 0 Å². The van der Waals surface area contributed by atoms with E-state index in [4.69, 9.17) is 4.52 Å². The van der Waals surface area contributed by atoms with E-state index in [1.165, 1.54) is 6.92 Å². The Kier molecular flexibility index (Phi) is 4.06. The average molecular weight is 320 g/mol. The highest BCUT2D eigenvalue weighted by molar-refractivity contribution is 5.99. The second kappa shape index (κ2) is 6.02. The molecular weight excluding hydrogens is 300 g/mol. The molecule has 1 saturated heterocycles. The number of nitrogens with one attached hydrogen (secondary N) is 1. The summed E-state index contributed by atoms with van der Waals surface area (Å²) in [6.07, 6.45) is 0.564. The summed E-state index contributed by atoms with van der Waals surface area (Å²) in [6.45, 7) is 5.46. The van der Waals surface area contributed by atoms with Gasteiger partial charge in [-0.05, 0) is 13.3 Å². The molecule has 3 rings (SSSR count). The van der Waals surface area contributed by atoms with Gasteiger partial charge in [-0.3, -0.25) is 14.4 Å². The number of carbonyl (C=O) groups is 3. The van der Waals surface area contributed by atoms with Crippen LogP contribution < -0.4 is 5.32 Å². The van der Waals surface area contributed by atoms with E-state index in [-0.39, 0.29) is 29.6 Å². The van der Waals surface area contributed by atoms with Crippen LogP contribution in [0.2, 0.25) is 0 Å². The Bertz CT molecular complexity index is 633. The molecule has 0 aromatic carbocycles. The van der Waals surface area contributed by atoms with Crippen molar-refractivity contribution >= 4 is 23.5 Å². The molecule has 124 valence electrons. The lowest BCUT2D eigenvalue weighted by Crippen LogP contribution is -2.50. The fourth-order valence-corrected chi connectivity index (χ4v) is 2.88. The van der Waals surface area contributed by atoms with Crippen LogP contribution in [0.25, 0.3) is 0 Å². The third-order valence-electron chi connectivity index (χ3n) is 4.36. The van der Waals surface area contributed by atoms with Crippen molar-refractivity contribution in [1.82, 2.24) is 15.0 Å². The lowest BCUT2D eigenvalue weighted by atomic mass is 10.2. The summed E-state index contributed by atoms with van der Waals surface area (Å²) in [7, 11) is 0. The van der Waals surface area contributed by atoms with Crippen molar-refractivity contribution in [3.05, 3.63) is 11.8 Å². The zero-order valence-corrected chi connectivity index (χ0v) is 13.2. The molecule has 0 spiro atoms. The summed E-state index contributed by atoms with van der Waals surface area (Å²) in [6, 6.07) is 1.64. The van der Waals surface area contributed by atoms with Gasteiger partial charge < -0.3 is 19.6 Å². The summed E-state index contributed by atoms with van der Waals surface area (Å²) < 4.78 is 4.89. The number of amides is 3. The Labute approximate surface area is 133 Å². The molecule has 3 amide bonds. The van der Waals surface area contributed by atoms with Gasteiger partial charge in [0.2, 0.25) is 17.7 Å². The highest BCUT2D eigenvalue weighted by atomic mass is 16.5. The quantitative estimate of drug-likeness (QED) is 0.861. The van der Waals surface area contributed by atoms with Crippen molar-refractivity contribution in [3.8, 4) is 0 Å². The molecule has 1 aromatic heterocycles. The minimum atomic E-state index is -0.301. The van der Waals surface area contributed by atoms with Crippen molar-refractivity contribution in [1.29, 1.82) is 0 Å². The molecule has 1 aromatic rings. The third kappa shape index (κ3) is 3.35. The lowest BCUT2D eigenvalue weighted by Gasteiger charge is -2.34. The Morgan fingerprint density at radius 3 is 2.39 bits per heavy atom. The van der Waals surface area contributed by atoms with Gasteiger partial charge in [0, 0.05) is 39.2 Å². The minimum Gasteiger partial charge on any atom is -0.360 e. The number of nitrogens with zero attached hydrogens (tertiary/aromatic N) is 3. The van der Waals surface area contributed by atoms with Gasteiger partial charge in [0.15, 0.2) is 5.82 Å². The molecule has 1 aliphatic heterocycles. The first kappa shape index (κ1) is 15.5. The van der Waals surface area contributed by atoms with Crippen LogP contribution in [0.1, 0.15) is 19.1 Å². The second-order valence-electron chi connectivity index (χ2n) is 6.09. The number of aromatic nitrogens is 1. The number of rotatable bonds is 3. The lowest BCUT2D eigenvalue weighted by molar-refractivity contribution is -0.139. The van der Waals surface area contributed by atoms with Gasteiger partial charge in [-0.2, -0.15) is 0 Å². The Hall–Kier alpha value is -2.38. The van der Waals surface area contributed by atoms with Gasteiger partial charge in [0.05, 0.1) is 11.8 Å². The summed E-state index contributed by atoms with van der Waals surface area (Å²) in [5.74, 6) is 0.275. The van der Waals surface area contributed by atoms with Gasteiger partial charge in [-0.25, -0.2) is 0 Å². The maximum absolute atomic E-state index is 12.4. The number of piperazine rings is 1. The van der Waals surface area contributed by atoms with E-state index < -0.39 is 0 Å². The van der Waals surface area contributed by atoms with Crippen LogP contribution >= 0.6 is 0 Å². The summed E-state index contributed by atoms with van der Waals surface area (Å²) in [4.78, 5) is 39.3. The number of aryl methyl sites for hydroxylation is 1. The van der Waals surface area contributed by atoms with E-state index in [1.54, 1.807) is 22.8 Å². The van der Waals surface area contributed by atoms with Crippen LogP contribution in [0.5, 0.6) is 0 Å². The third-order valence-corrected chi connectivity index (χ3v) is 4.36. The minimum absolute atomic E-state index is 0.00434. The average Bonchev–Trinajstić information content (AvgIpc) is 3.24. The van der Waals surface area contributed by atoms with Crippen LogP contribution in [0.15, 0.2) is 10.6 Å². The monoisotopic (exact) mass is 320 g/mol. The predicted octanol–water partition coefficient (Wildman–Crippen LogP) is 0.248. The Morgan fingerprint density at radius 1 is 1.17 bits per heavy atom. The molecule has 2 atom stereocenters. The Balaban J connectivity index is 1.49. The van der Waals surface area contributed by atoms with E-state index in [9.17, 15) is 14.4 Å². The van der Waals surface area contributed by atoms with Crippen molar-refractivity contribution in [3.63, 3.8) is 0 Å². The molecule has 0 radical (unpaired) electrons. The fourth-order valence-electron chi connectivity index (χ4n) is 2.88. The van der Waals surface area contributed by atoms with E-state index >= 15 is 0 Å². The van der Waals surface area contributed by atoms with Crippen LogP contribution in [-0.4, -0.2) is 58.9 Å². The maximum Gasteiger partial charge on any atom is 0.229 e. The van der Waals surface area contributed by atoms with Gasteiger partial charge in [0.1, 0.15) is 5.76 Å². The highest BCUT2D eigenvalue weighted by Crippen LogP contribution is 2.41. The van der Waals surface area contributed by atoms with Crippen LogP contribution in [0.3, 0.4) is 0 Å². The molecule has 0 bridgehead atoms. The van der Waals surface area contributed by atoms with Crippen molar-refractivity contribution in [2.24, 2.45) is 11.8 Å². The normalized spacial score (nSPS) is 23.6. The highest BCUT2D eigenvalue weighted by Gasteiger charge is 2.49. The molecule has 23 heavy (non-hydrogen) atoms. The SMILES string of the molecule is CC(=O)N1CCN(C(=O)C2CC2C(=O)Nc2cc(C)on2)CC1.